The van der Waals surface area contributed by atoms with Gasteiger partial charge < -0.3 is 5.32 Å². The number of pyridine rings is 1. The van der Waals surface area contributed by atoms with E-state index < -0.39 is 10.8 Å². The minimum atomic E-state index is -0.518. The Labute approximate surface area is 169 Å². The monoisotopic (exact) mass is 389 g/mol. The van der Waals surface area contributed by atoms with E-state index >= 15 is 0 Å². The van der Waals surface area contributed by atoms with E-state index in [-0.39, 0.29) is 11.4 Å². The maximum absolute atomic E-state index is 12.5. The normalized spacial score (nSPS) is 10.5. The number of nitro groups is 1. The van der Waals surface area contributed by atoms with E-state index in [1.165, 1.54) is 37.0 Å². The molecule has 1 amide bonds. The quantitative estimate of drug-likeness (QED) is 0.307. The number of carbonyl (C=O) groups is 1. The lowest BCUT2D eigenvalue weighted by molar-refractivity contribution is -0.383. The molecule has 0 fully saturated rings. The number of rotatable bonds is 8. The van der Waals surface area contributed by atoms with Crippen LogP contribution in [0.1, 0.15) is 42.1 Å². The molecule has 6 nitrogen and oxygen atoms in total. The predicted octanol–water partition coefficient (Wildman–Crippen LogP) is 5.64. The van der Waals surface area contributed by atoms with Crippen LogP contribution in [0.15, 0.2) is 66.9 Å². The highest BCUT2D eigenvalue weighted by atomic mass is 16.6. The molecule has 0 saturated carbocycles. The third-order valence-corrected chi connectivity index (χ3v) is 4.69. The number of para-hydroxylation sites is 2. The van der Waals surface area contributed by atoms with Crippen LogP contribution in [-0.4, -0.2) is 15.8 Å². The summed E-state index contributed by atoms with van der Waals surface area (Å²) in [6.45, 7) is 2.19. The Morgan fingerprint density at radius 2 is 1.79 bits per heavy atom. The molecule has 29 heavy (non-hydrogen) atoms. The third kappa shape index (κ3) is 5.25. The highest BCUT2D eigenvalue weighted by molar-refractivity contribution is 6.05. The summed E-state index contributed by atoms with van der Waals surface area (Å²) >= 11 is 0. The molecule has 3 aromatic rings. The Morgan fingerprint density at radius 1 is 1.03 bits per heavy atom. The molecule has 148 valence electrons. The van der Waals surface area contributed by atoms with Gasteiger partial charge in [0.15, 0.2) is 0 Å². The lowest BCUT2D eigenvalue weighted by atomic mass is 10.1. The van der Waals surface area contributed by atoms with Crippen LogP contribution in [0.3, 0.4) is 0 Å². The topological polar surface area (TPSA) is 85.1 Å². The number of unbranched alkanes of at least 4 members (excludes halogenated alkanes) is 2. The van der Waals surface area contributed by atoms with Gasteiger partial charge >= 0.3 is 0 Å². The zero-order chi connectivity index (χ0) is 20.6. The molecule has 1 aromatic heterocycles. The lowest BCUT2D eigenvalue weighted by Gasteiger charge is -2.07. The summed E-state index contributed by atoms with van der Waals surface area (Å²) in [5.74, 6) is -0.398. The number of aromatic nitrogens is 1. The van der Waals surface area contributed by atoms with Crippen molar-refractivity contribution in [1.82, 2.24) is 4.98 Å². The minimum Gasteiger partial charge on any atom is -0.316 e. The summed E-state index contributed by atoms with van der Waals surface area (Å²) < 4.78 is 0. The molecule has 0 spiro atoms. The minimum absolute atomic E-state index is 0.138. The van der Waals surface area contributed by atoms with E-state index in [1.54, 1.807) is 24.3 Å². The highest BCUT2D eigenvalue weighted by Crippen LogP contribution is 2.24. The molecular weight excluding hydrogens is 366 g/mol. The van der Waals surface area contributed by atoms with Gasteiger partial charge in [0.25, 0.3) is 11.6 Å². The Morgan fingerprint density at radius 3 is 2.45 bits per heavy atom. The van der Waals surface area contributed by atoms with E-state index in [0.717, 1.165) is 17.7 Å². The number of nitro benzene ring substituents is 1. The molecule has 2 aromatic carbocycles. The number of benzene rings is 2. The molecule has 1 heterocycles. The van der Waals surface area contributed by atoms with Crippen LogP contribution in [0, 0.1) is 10.1 Å². The molecule has 0 aliphatic carbocycles. The van der Waals surface area contributed by atoms with Crippen molar-refractivity contribution < 1.29 is 9.72 Å². The van der Waals surface area contributed by atoms with Crippen molar-refractivity contribution in [2.24, 2.45) is 0 Å². The first-order valence-corrected chi connectivity index (χ1v) is 9.68. The van der Waals surface area contributed by atoms with Gasteiger partial charge in [0.1, 0.15) is 5.69 Å². The second-order valence-electron chi connectivity index (χ2n) is 6.81. The number of nitrogens with one attached hydrogen (secondary N) is 1. The highest BCUT2D eigenvalue weighted by Gasteiger charge is 2.15. The standard InChI is InChI=1S/C23H23N3O3/c1-2-3-4-7-17-10-15-20(24-16-17)18-11-13-19(14-12-18)23(27)25-21-8-5-6-9-22(21)26(28)29/h5-6,8-16H,2-4,7H2,1H3,(H,25,27). The van der Waals surface area contributed by atoms with Crippen LogP contribution in [-0.2, 0) is 6.42 Å². The maximum atomic E-state index is 12.5. The second kappa shape index (κ2) is 9.59. The molecule has 0 bridgehead atoms. The average molecular weight is 389 g/mol. The van der Waals surface area contributed by atoms with Crippen LogP contribution < -0.4 is 5.32 Å². The number of aryl methyl sites for hydroxylation is 1. The SMILES string of the molecule is CCCCCc1ccc(-c2ccc(C(=O)Nc3ccccc3[N+](=O)[O-])cc2)nc1. The number of nitrogens with zero attached hydrogens (tertiary/aromatic N) is 2. The van der Waals surface area contributed by atoms with Gasteiger partial charge in [-0.05, 0) is 42.7 Å². The molecule has 0 saturated heterocycles. The Kier molecular flexibility index (Phi) is 6.68. The number of amides is 1. The molecular formula is C23H23N3O3. The van der Waals surface area contributed by atoms with Gasteiger partial charge in [-0.3, -0.25) is 19.9 Å². The summed E-state index contributed by atoms with van der Waals surface area (Å²) in [7, 11) is 0. The Bertz CT molecular complexity index is 983. The van der Waals surface area contributed by atoms with E-state index in [9.17, 15) is 14.9 Å². The predicted molar refractivity (Wildman–Crippen MR) is 114 cm³/mol. The fourth-order valence-corrected chi connectivity index (χ4v) is 3.05. The summed E-state index contributed by atoms with van der Waals surface area (Å²) in [6, 6.07) is 17.2. The first-order valence-electron chi connectivity index (χ1n) is 9.68. The fourth-order valence-electron chi connectivity index (χ4n) is 3.05. The van der Waals surface area contributed by atoms with Crippen LogP contribution in [0.5, 0.6) is 0 Å². The molecule has 3 rings (SSSR count). The van der Waals surface area contributed by atoms with Gasteiger partial charge in [-0.1, -0.05) is 50.1 Å². The fraction of sp³-hybridized carbons (Fsp3) is 0.217. The first kappa shape index (κ1) is 20.2. The van der Waals surface area contributed by atoms with Crippen LogP contribution in [0.4, 0.5) is 11.4 Å². The van der Waals surface area contributed by atoms with Gasteiger partial charge in [-0.25, -0.2) is 0 Å². The van der Waals surface area contributed by atoms with Gasteiger partial charge in [0, 0.05) is 23.4 Å². The van der Waals surface area contributed by atoms with E-state index in [2.05, 4.69) is 23.3 Å². The Hall–Kier alpha value is -3.54. The van der Waals surface area contributed by atoms with Gasteiger partial charge in [-0.2, -0.15) is 0 Å². The first-order chi connectivity index (χ1) is 14.1. The van der Waals surface area contributed by atoms with E-state index in [4.69, 9.17) is 0 Å². The van der Waals surface area contributed by atoms with Gasteiger partial charge in [0.2, 0.25) is 0 Å². The molecule has 0 atom stereocenters. The number of anilines is 1. The summed E-state index contributed by atoms with van der Waals surface area (Å²) in [5, 5.41) is 13.7. The zero-order valence-electron chi connectivity index (χ0n) is 16.3. The number of carbonyl (C=O) groups excluding carboxylic acids is 1. The summed E-state index contributed by atoms with van der Waals surface area (Å²) in [5.41, 5.74) is 3.43. The van der Waals surface area contributed by atoms with Crippen molar-refractivity contribution in [3.05, 3.63) is 88.1 Å². The summed E-state index contributed by atoms with van der Waals surface area (Å²) in [6.07, 6.45) is 6.52. The van der Waals surface area contributed by atoms with Gasteiger partial charge in [0.05, 0.1) is 10.6 Å². The second-order valence-corrected chi connectivity index (χ2v) is 6.81. The van der Waals surface area contributed by atoms with Crippen molar-refractivity contribution in [2.75, 3.05) is 5.32 Å². The molecule has 1 N–H and O–H groups in total. The molecule has 0 aliphatic rings. The van der Waals surface area contributed by atoms with Gasteiger partial charge in [-0.15, -0.1) is 0 Å². The molecule has 0 unspecified atom stereocenters. The largest absolute Gasteiger partial charge is 0.316 e. The average Bonchev–Trinajstić information content (AvgIpc) is 2.75. The maximum Gasteiger partial charge on any atom is 0.292 e. The lowest BCUT2D eigenvalue weighted by Crippen LogP contribution is -2.13. The molecule has 6 heteroatoms. The Balaban J connectivity index is 1.68. The van der Waals surface area contributed by atoms with Crippen molar-refractivity contribution in [3.63, 3.8) is 0 Å². The van der Waals surface area contributed by atoms with Crippen molar-refractivity contribution in [1.29, 1.82) is 0 Å². The number of hydrogen-bond donors (Lipinski definition) is 1. The molecule has 0 radical (unpaired) electrons. The third-order valence-electron chi connectivity index (χ3n) is 4.69. The zero-order valence-corrected chi connectivity index (χ0v) is 16.3. The van der Waals surface area contributed by atoms with Crippen LogP contribution >= 0.6 is 0 Å². The van der Waals surface area contributed by atoms with E-state index in [1.807, 2.05) is 24.4 Å². The van der Waals surface area contributed by atoms with E-state index in [0.29, 0.717) is 5.56 Å². The van der Waals surface area contributed by atoms with Crippen LogP contribution in [0.2, 0.25) is 0 Å². The molecule has 0 aliphatic heterocycles. The van der Waals surface area contributed by atoms with Crippen molar-refractivity contribution in [3.8, 4) is 11.3 Å². The smallest absolute Gasteiger partial charge is 0.292 e. The van der Waals surface area contributed by atoms with Crippen molar-refractivity contribution >= 4 is 17.3 Å². The van der Waals surface area contributed by atoms with Crippen LogP contribution in [0.25, 0.3) is 11.3 Å². The number of hydrogen-bond acceptors (Lipinski definition) is 4. The summed E-state index contributed by atoms with van der Waals surface area (Å²) in [4.78, 5) is 27.6. The van der Waals surface area contributed by atoms with Crippen molar-refractivity contribution in [2.45, 2.75) is 32.6 Å².